The maximum absolute atomic E-state index is 11.1. The van der Waals surface area contributed by atoms with Gasteiger partial charge >= 0.3 is 5.76 Å². The summed E-state index contributed by atoms with van der Waals surface area (Å²) in [5.41, 5.74) is 8.57. The van der Waals surface area contributed by atoms with Gasteiger partial charge in [0.2, 0.25) is 0 Å². The van der Waals surface area contributed by atoms with E-state index in [9.17, 15) is 4.79 Å². The number of aromatic amines is 2. The van der Waals surface area contributed by atoms with E-state index in [2.05, 4.69) is 15.0 Å². The number of nitrogens with two attached hydrogens (primary N) is 1. The number of nitrogens with one attached hydrogen (secondary N) is 2. The van der Waals surface area contributed by atoms with Crippen LogP contribution in [0.3, 0.4) is 0 Å². The fourth-order valence-corrected chi connectivity index (χ4v) is 2.03. The first-order chi connectivity index (χ1) is 9.26. The molecule has 98 valence electrons. The van der Waals surface area contributed by atoms with Crippen molar-refractivity contribution in [2.75, 3.05) is 6.54 Å². The number of rotatable bonds is 4. The Balaban J connectivity index is 1.94. The third-order valence-corrected chi connectivity index (χ3v) is 2.98. The van der Waals surface area contributed by atoms with Crippen molar-refractivity contribution in [1.82, 2.24) is 15.0 Å². The Morgan fingerprint density at radius 2 is 2.21 bits per heavy atom. The molecular weight excluding hydrogens is 244 g/mol. The van der Waals surface area contributed by atoms with Crippen LogP contribution < -0.4 is 11.5 Å². The fraction of sp³-hybridized carbons (Fsp3) is 0.231. The van der Waals surface area contributed by atoms with E-state index >= 15 is 0 Å². The average Bonchev–Trinajstić information content (AvgIpc) is 3.00. The molecule has 19 heavy (non-hydrogen) atoms. The summed E-state index contributed by atoms with van der Waals surface area (Å²) in [6.07, 6.45) is 3.52. The third kappa shape index (κ3) is 2.30. The lowest BCUT2D eigenvalue weighted by Crippen LogP contribution is -2.01. The molecule has 0 saturated carbocycles. The zero-order valence-corrected chi connectivity index (χ0v) is 10.3. The molecule has 2 aromatic heterocycles. The Kier molecular flexibility index (Phi) is 2.92. The maximum atomic E-state index is 11.1. The molecular formula is C13H14N4O2. The monoisotopic (exact) mass is 258 g/mol. The summed E-state index contributed by atoms with van der Waals surface area (Å²) in [6.45, 7) is 0.651. The van der Waals surface area contributed by atoms with E-state index in [1.54, 1.807) is 12.3 Å². The van der Waals surface area contributed by atoms with Crippen LogP contribution >= 0.6 is 0 Å². The second kappa shape index (κ2) is 4.74. The molecule has 1 aromatic carbocycles. The zero-order valence-electron chi connectivity index (χ0n) is 10.3. The number of hydrogen-bond donors (Lipinski definition) is 3. The Morgan fingerprint density at radius 3 is 3.05 bits per heavy atom. The van der Waals surface area contributed by atoms with Crippen LogP contribution in [0.15, 0.2) is 33.6 Å². The highest BCUT2D eigenvalue weighted by atomic mass is 16.4. The van der Waals surface area contributed by atoms with Gasteiger partial charge in [-0.1, -0.05) is 0 Å². The summed E-state index contributed by atoms with van der Waals surface area (Å²) in [6, 6.07) is 5.52. The molecule has 4 N–H and O–H groups in total. The first-order valence-corrected chi connectivity index (χ1v) is 6.13. The molecule has 2 heterocycles. The second-order valence-electron chi connectivity index (χ2n) is 4.36. The minimum atomic E-state index is -0.444. The van der Waals surface area contributed by atoms with Crippen LogP contribution in [0.2, 0.25) is 0 Å². The molecule has 0 atom stereocenters. The molecule has 3 rings (SSSR count). The lowest BCUT2D eigenvalue weighted by Gasteiger charge is -1.97. The number of oxazole rings is 1. The van der Waals surface area contributed by atoms with E-state index in [-0.39, 0.29) is 0 Å². The SMILES string of the molecule is NCCCc1ncc(-c2ccc3oc(=O)[nH]c3c2)[nH]1. The van der Waals surface area contributed by atoms with Crippen molar-refractivity contribution in [3.63, 3.8) is 0 Å². The number of benzene rings is 1. The molecule has 0 aliphatic heterocycles. The molecule has 0 radical (unpaired) electrons. The van der Waals surface area contributed by atoms with Gasteiger partial charge in [0.1, 0.15) is 5.82 Å². The standard InChI is InChI=1S/C13H14N4O2/c14-5-1-2-12-15-7-10(16-12)8-3-4-11-9(6-8)17-13(18)19-11/h3-4,6-7H,1-2,5,14H2,(H,15,16)(H,17,18). The number of imidazole rings is 1. The molecule has 0 amide bonds. The highest BCUT2D eigenvalue weighted by Gasteiger charge is 2.06. The Labute approximate surface area is 108 Å². The summed E-state index contributed by atoms with van der Waals surface area (Å²) in [7, 11) is 0. The topological polar surface area (TPSA) is 101 Å². The second-order valence-corrected chi connectivity index (χ2v) is 4.36. The van der Waals surface area contributed by atoms with Crippen molar-refractivity contribution in [2.45, 2.75) is 12.8 Å². The van der Waals surface area contributed by atoms with Crippen molar-refractivity contribution in [2.24, 2.45) is 5.73 Å². The van der Waals surface area contributed by atoms with Crippen LogP contribution in [0, 0.1) is 0 Å². The number of aryl methyl sites for hydroxylation is 1. The van der Waals surface area contributed by atoms with Crippen molar-refractivity contribution >= 4 is 11.1 Å². The molecule has 0 aliphatic carbocycles. The van der Waals surface area contributed by atoms with Gasteiger partial charge in [0.05, 0.1) is 17.4 Å². The number of fused-ring (bicyclic) bond motifs is 1. The van der Waals surface area contributed by atoms with Crippen LogP contribution in [0.4, 0.5) is 0 Å². The van der Waals surface area contributed by atoms with Crippen LogP contribution in [-0.2, 0) is 6.42 Å². The third-order valence-electron chi connectivity index (χ3n) is 2.98. The molecule has 0 aliphatic rings. The van der Waals surface area contributed by atoms with Gasteiger partial charge < -0.3 is 15.1 Å². The molecule has 3 aromatic rings. The van der Waals surface area contributed by atoms with Gasteiger partial charge in [-0.05, 0) is 31.2 Å². The summed E-state index contributed by atoms with van der Waals surface area (Å²) in [5, 5.41) is 0. The molecule has 0 spiro atoms. The smallest absolute Gasteiger partial charge is 0.408 e. The van der Waals surface area contributed by atoms with Crippen LogP contribution in [0.5, 0.6) is 0 Å². The predicted octanol–water partition coefficient (Wildman–Crippen LogP) is 1.40. The van der Waals surface area contributed by atoms with Crippen LogP contribution in [-0.4, -0.2) is 21.5 Å². The summed E-state index contributed by atoms with van der Waals surface area (Å²) >= 11 is 0. The molecule has 6 nitrogen and oxygen atoms in total. The van der Waals surface area contributed by atoms with E-state index in [1.807, 2.05) is 12.1 Å². The number of hydrogen-bond acceptors (Lipinski definition) is 4. The molecule has 0 bridgehead atoms. The Morgan fingerprint density at radius 1 is 1.32 bits per heavy atom. The quantitative estimate of drug-likeness (QED) is 0.658. The van der Waals surface area contributed by atoms with Gasteiger partial charge in [-0.15, -0.1) is 0 Å². The lowest BCUT2D eigenvalue weighted by molar-refractivity contribution is 0.555. The molecule has 0 unspecified atom stereocenters. The van der Waals surface area contributed by atoms with Gasteiger partial charge in [-0.25, -0.2) is 9.78 Å². The van der Waals surface area contributed by atoms with Gasteiger partial charge in [0.25, 0.3) is 0 Å². The van der Waals surface area contributed by atoms with Gasteiger partial charge in [0.15, 0.2) is 5.58 Å². The van der Waals surface area contributed by atoms with Crippen molar-refractivity contribution in [3.8, 4) is 11.3 Å². The van der Waals surface area contributed by atoms with Crippen molar-refractivity contribution < 1.29 is 4.42 Å². The number of H-pyrrole nitrogens is 2. The Hall–Kier alpha value is -2.34. The molecule has 0 saturated heterocycles. The van der Waals surface area contributed by atoms with E-state index in [0.29, 0.717) is 17.6 Å². The largest absolute Gasteiger partial charge is 0.417 e. The number of nitrogens with zero attached hydrogens (tertiary/aromatic N) is 1. The highest BCUT2D eigenvalue weighted by molar-refractivity contribution is 5.78. The lowest BCUT2D eigenvalue weighted by atomic mass is 10.1. The normalized spacial score (nSPS) is 11.2. The molecule has 0 fully saturated rings. The van der Waals surface area contributed by atoms with E-state index in [4.69, 9.17) is 10.2 Å². The fourth-order valence-electron chi connectivity index (χ4n) is 2.03. The zero-order chi connectivity index (χ0) is 13.2. The minimum absolute atomic E-state index is 0.444. The summed E-state index contributed by atoms with van der Waals surface area (Å²) < 4.78 is 4.97. The maximum Gasteiger partial charge on any atom is 0.417 e. The summed E-state index contributed by atoms with van der Waals surface area (Å²) in [4.78, 5) is 21.3. The number of aromatic nitrogens is 3. The minimum Gasteiger partial charge on any atom is -0.408 e. The van der Waals surface area contributed by atoms with Crippen LogP contribution in [0.25, 0.3) is 22.4 Å². The van der Waals surface area contributed by atoms with Gasteiger partial charge in [-0.3, -0.25) is 4.98 Å². The van der Waals surface area contributed by atoms with Gasteiger partial charge in [0, 0.05) is 12.0 Å². The van der Waals surface area contributed by atoms with E-state index < -0.39 is 5.76 Å². The highest BCUT2D eigenvalue weighted by Crippen LogP contribution is 2.21. The first kappa shape index (κ1) is 11.7. The van der Waals surface area contributed by atoms with E-state index in [0.717, 1.165) is 29.9 Å². The Bertz CT molecular complexity index is 753. The average molecular weight is 258 g/mol. The first-order valence-electron chi connectivity index (χ1n) is 6.13. The van der Waals surface area contributed by atoms with E-state index in [1.165, 1.54) is 0 Å². The summed E-state index contributed by atoms with van der Waals surface area (Å²) in [5.74, 6) is 0.474. The van der Waals surface area contributed by atoms with Gasteiger partial charge in [-0.2, -0.15) is 0 Å². The van der Waals surface area contributed by atoms with Crippen molar-refractivity contribution in [1.29, 1.82) is 0 Å². The predicted molar refractivity (Wildman–Crippen MR) is 71.8 cm³/mol. The van der Waals surface area contributed by atoms with Crippen LogP contribution in [0.1, 0.15) is 12.2 Å². The van der Waals surface area contributed by atoms with Crippen molar-refractivity contribution in [3.05, 3.63) is 40.8 Å². The molecule has 6 heteroatoms.